The molecular weight excluding hydrogens is 240 g/mol. The van der Waals surface area contributed by atoms with Gasteiger partial charge in [0.2, 0.25) is 0 Å². The molecule has 0 saturated heterocycles. The standard InChI is InChI=1S/C14H20N4O/c1-3-14(2,7-8-15)17-13(19)11-10-16-18-9-5-4-6-12(11)18/h4-6,9-10H,3,7-8,15H2,1-2H3,(H,17,19). The monoisotopic (exact) mass is 260 g/mol. The van der Waals surface area contributed by atoms with Crippen LogP contribution in [0.5, 0.6) is 0 Å². The number of aromatic nitrogens is 2. The van der Waals surface area contributed by atoms with E-state index in [1.807, 2.05) is 38.2 Å². The molecule has 5 nitrogen and oxygen atoms in total. The van der Waals surface area contributed by atoms with Gasteiger partial charge in [0.05, 0.1) is 17.3 Å². The van der Waals surface area contributed by atoms with Crippen molar-refractivity contribution < 1.29 is 4.79 Å². The number of nitrogens with two attached hydrogens (primary N) is 1. The molecule has 0 fully saturated rings. The highest BCUT2D eigenvalue weighted by atomic mass is 16.1. The SMILES string of the molecule is CCC(C)(CCN)NC(=O)c1cnn2ccccc12. The maximum atomic E-state index is 12.4. The number of nitrogens with one attached hydrogen (secondary N) is 1. The van der Waals surface area contributed by atoms with E-state index in [4.69, 9.17) is 5.73 Å². The van der Waals surface area contributed by atoms with Crippen LogP contribution in [-0.2, 0) is 0 Å². The van der Waals surface area contributed by atoms with Gasteiger partial charge in [-0.3, -0.25) is 4.79 Å². The molecule has 0 bridgehead atoms. The lowest BCUT2D eigenvalue weighted by Crippen LogP contribution is -2.46. The Labute approximate surface area is 112 Å². The van der Waals surface area contributed by atoms with Crippen molar-refractivity contribution in [3.05, 3.63) is 36.2 Å². The number of hydrogen-bond acceptors (Lipinski definition) is 3. The number of fused-ring (bicyclic) bond motifs is 1. The molecule has 0 saturated carbocycles. The van der Waals surface area contributed by atoms with Crippen LogP contribution >= 0.6 is 0 Å². The van der Waals surface area contributed by atoms with E-state index in [-0.39, 0.29) is 11.4 Å². The van der Waals surface area contributed by atoms with Gasteiger partial charge < -0.3 is 11.1 Å². The van der Waals surface area contributed by atoms with Crippen molar-refractivity contribution in [2.45, 2.75) is 32.2 Å². The van der Waals surface area contributed by atoms with E-state index in [9.17, 15) is 4.79 Å². The molecule has 102 valence electrons. The Kier molecular flexibility index (Phi) is 3.85. The first-order chi connectivity index (χ1) is 9.09. The van der Waals surface area contributed by atoms with Gasteiger partial charge in [-0.05, 0) is 38.4 Å². The minimum absolute atomic E-state index is 0.0981. The van der Waals surface area contributed by atoms with Gasteiger partial charge in [-0.1, -0.05) is 13.0 Å². The first-order valence-electron chi connectivity index (χ1n) is 6.54. The zero-order chi connectivity index (χ0) is 13.9. The summed E-state index contributed by atoms with van der Waals surface area (Å²) < 4.78 is 1.70. The van der Waals surface area contributed by atoms with E-state index < -0.39 is 0 Å². The molecule has 5 heteroatoms. The quantitative estimate of drug-likeness (QED) is 0.857. The van der Waals surface area contributed by atoms with Crippen molar-refractivity contribution in [3.8, 4) is 0 Å². The number of amides is 1. The van der Waals surface area contributed by atoms with Gasteiger partial charge in [-0.25, -0.2) is 4.52 Å². The smallest absolute Gasteiger partial charge is 0.255 e. The highest BCUT2D eigenvalue weighted by Crippen LogP contribution is 2.16. The molecule has 0 aliphatic carbocycles. The minimum Gasteiger partial charge on any atom is -0.347 e. The first-order valence-corrected chi connectivity index (χ1v) is 6.54. The third kappa shape index (κ3) is 2.76. The molecule has 2 heterocycles. The van der Waals surface area contributed by atoms with Crippen LogP contribution < -0.4 is 11.1 Å². The number of pyridine rings is 1. The lowest BCUT2D eigenvalue weighted by molar-refractivity contribution is 0.0901. The van der Waals surface area contributed by atoms with E-state index in [0.717, 1.165) is 18.4 Å². The third-order valence-corrected chi connectivity index (χ3v) is 3.56. The van der Waals surface area contributed by atoms with Gasteiger partial charge in [0.15, 0.2) is 0 Å². The first kappa shape index (κ1) is 13.5. The highest BCUT2D eigenvalue weighted by molar-refractivity contribution is 6.00. The summed E-state index contributed by atoms with van der Waals surface area (Å²) in [6.07, 6.45) is 5.03. The van der Waals surface area contributed by atoms with Gasteiger partial charge in [-0.15, -0.1) is 0 Å². The number of hydrogen-bond donors (Lipinski definition) is 2. The zero-order valence-electron chi connectivity index (χ0n) is 11.4. The molecule has 1 atom stereocenters. The second kappa shape index (κ2) is 5.40. The van der Waals surface area contributed by atoms with Crippen LogP contribution in [0.25, 0.3) is 5.52 Å². The molecule has 2 aromatic rings. The van der Waals surface area contributed by atoms with Gasteiger partial charge in [0.25, 0.3) is 5.91 Å². The maximum absolute atomic E-state index is 12.4. The van der Waals surface area contributed by atoms with Crippen molar-refractivity contribution in [2.24, 2.45) is 5.73 Å². The topological polar surface area (TPSA) is 72.4 Å². The number of carbonyl (C=O) groups is 1. The Bertz CT molecular complexity index is 578. The van der Waals surface area contributed by atoms with Gasteiger partial charge in [0, 0.05) is 11.7 Å². The predicted molar refractivity (Wildman–Crippen MR) is 75.0 cm³/mol. The molecule has 0 aliphatic rings. The predicted octanol–water partition coefficient (Wildman–Crippen LogP) is 1.58. The molecule has 2 rings (SSSR count). The molecule has 19 heavy (non-hydrogen) atoms. The third-order valence-electron chi connectivity index (χ3n) is 3.56. The fourth-order valence-corrected chi connectivity index (χ4v) is 2.10. The lowest BCUT2D eigenvalue weighted by atomic mass is 9.94. The summed E-state index contributed by atoms with van der Waals surface area (Å²) in [5.74, 6) is -0.0981. The summed E-state index contributed by atoms with van der Waals surface area (Å²) in [6.45, 7) is 4.62. The van der Waals surface area contributed by atoms with Gasteiger partial charge in [0.1, 0.15) is 0 Å². The number of carbonyl (C=O) groups excluding carboxylic acids is 1. The largest absolute Gasteiger partial charge is 0.347 e. The highest BCUT2D eigenvalue weighted by Gasteiger charge is 2.25. The number of nitrogens with zero attached hydrogens (tertiary/aromatic N) is 2. The van der Waals surface area contributed by atoms with Crippen LogP contribution in [0.1, 0.15) is 37.0 Å². The Hall–Kier alpha value is -1.88. The van der Waals surface area contributed by atoms with Crippen LogP contribution in [0.15, 0.2) is 30.6 Å². The second-order valence-corrected chi connectivity index (χ2v) is 5.00. The van der Waals surface area contributed by atoms with Crippen LogP contribution in [0.3, 0.4) is 0 Å². The van der Waals surface area contributed by atoms with Crippen molar-refractivity contribution in [1.29, 1.82) is 0 Å². The van der Waals surface area contributed by atoms with E-state index in [2.05, 4.69) is 10.4 Å². The molecular formula is C14H20N4O. The van der Waals surface area contributed by atoms with Crippen LogP contribution in [0.2, 0.25) is 0 Å². The summed E-state index contributed by atoms with van der Waals surface area (Å²) in [7, 11) is 0. The van der Waals surface area contributed by atoms with Gasteiger partial charge >= 0.3 is 0 Å². The Morgan fingerprint density at radius 2 is 2.32 bits per heavy atom. The van der Waals surface area contributed by atoms with E-state index >= 15 is 0 Å². The maximum Gasteiger partial charge on any atom is 0.255 e. The molecule has 2 aromatic heterocycles. The average molecular weight is 260 g/mol. The average Bonchev–Trinajstić information content (AvgIpc) is 2.83. The lowest BCUT2D eigenvalue weighted by Gasteiger charge is -2.29. The zero-order valence-corrected chi connectivity index (χ0v) is 11.4. The van der Waals surface area contributed by atoms with Crippen LogP contribution in [0, 0.1) is 0 Å². The van der Waals surface area contributed by atoms with Crippen LogP contribution in [0.4, 0.5) is 0 Å². The molecule has 3 N–H and O–H groups in total. The Balaban J connectivity index is 2.24. The summed E-state index contributed by atoms with van der Waals surface area (Å²) in [6, 6.07) is 5.66. The van der Waals surface area contributed by atoms with E-state index in [1.165, 1.54) is 0 Å². The molecule has 0 radical (unpaired) electrons. The van der Waals surface area contributed by atoms with E-state index in [0.29, 0.717) is 12.1 Å². The summed E-state index contributed by atoms with van der Waals surface area (Å²) >= 11 is 0. The van der Waals surface area contributed by atoms with Crippen molar-refractivity contribution in [1.82, 2.24) is 14.9 Å². The number of rotatable bonds is 5. The second-order valence-electron chi connectivity index (χ2n) is 5.00. The molecule has 0 spiro atoms. The van der Waals surface area contributed by atoms with Crippen molar-refractivity contribution >= 4 is 11.4 Å². The van der Waals surface area contributed by atoms with Crippen molar-refractivity contribution in [2.75, 3.05) is 6.54 Å². The minimum atomic E-state index is -0.269. The molecule has 1 unspecified atom stereocenters. The molecule has 0 aliphatic heterocycles. The Morgan fingerprint density at radius 1 is 1.53 bits per heavy atom. The fraction of sp³-hybridized carbons (Fsp3) is 0.429. The van der Waals surface area contributed by atoms with E-state index in [1.54, 1.807) is 10.7 Å². The summed E-state index contributed by atoms with van der Waals surface area (Å²) in [4.78, 5) is 12.4. The summed E-state index contributed by atoms with van der Waals surface area (Å²) in [5, 5.41) is 7.24. The molecule has 1 amide bonds. The summed E-state index contributed by atoms with van der Waals surface area (Å²) in [5.41, 5.74) is 6.74. The van der Waals surface area contributed by atoms with Crippen LogP contribution in [-0.4, -0.2) is 27.6 Å². The normalized spacial score (nSPS) is 14.3. The Morgan fingerprint density at radius 3 is 3.00 bits per heavy atom. The van der Waals surface area contributed by atoms with Gasteiger partial charge in [-0.2, -0.15) is 5.10 Å². The molecule has 0 aromatic carbocycles. The fourth-order valence-electron chi connectivity index (χ4n) is 2.10. The van der Waals surface area contributed by atoms with Crippen molar-refractivity contribution in [3.63, 3.8) is 0 Å².